The summed E-state index contributed by atoms with van der Waals surface area (Å²) in [6, 6.07) is 5.04. The number of ketones is 1. The molecule has 0 saturated carbocycles. The molecule has 0 spiro atoms. The van der Waals surface area contributed by atoms with Crippen LogP contribution in [0.15, 0.2) is 41.5 Å². The molecule has 0 amide bonds. The van der Waals surface area contributed by atoms with Gasteiger partial charge in [-0.1, -0.05) is 18.2 Å². The van der Waals surface area contributed by atoms with Crippen LogP contribution in [0.2, 0.25) is 0 Å². The zero-order chi connectivity index (χ0) is 25.5. The van der Waals surface area contributed by atoms with Gasteiger partial charge in [-0.2, -0.15) is 13.2 Å². The Morgan fingerprint density at radius 3 is 2.26 bits per heavy atom. The van der Waals surface area contributed by atoms with Gasteiger partial charge in [0.05, 0.1) is 11.6 Å². The largest absolute Gasteiger partial charge is 0.473 e. The van der Waals surface area contributed by atoms with E-state index >= 15 is 0 Å². The minimum Gasteiger partial charge on any atom is -0.473 e. The molecule has 12 heteroatoms. The van der Waals surface area contributed by atoms with Crippen molar-refractivity contribution < 1.29 is 37.8 Å². The number of piperidine rings is 1. The van der Waals surface area contributed by atoms with Crippen LogP contribution in [0, 0.1) is 5.92 Å². The predicted molar refractivity (Wildman–Crippen MR) is 113 cm³/mol. The average molecular weight is 483 g/mol. The summed E-state index contributed by atoms with van der Waals surface area (Å²) in [6.45, 7) is 3.07. The van der Waals surface area contributed by atoms with E-state index in [1.54, 1.807) is 0 Å². The molecule has 0 aliphatic carbocycles. The monoisotopic (exact) mass is 483 g/mol. The number of H-pyrrole nitrogens is 1. The van der Waals surface area contributed by atoms with Crippen molar-refractivity contribution in [2.45, 2.75) is 38.4 Å². The molecule has 3 rings (SSSR count). The van der Waals surface area contributed by atoms with Crippen molar-refractivity contribution in [3.63, 3.8) is 0 Å². The minimum absolute atomic E-state index is 0.0239. The molecule has 1 aliphatic rings. The number of rotatable bonds is 5. The minimum atomic E-state index is -4.47. The van der Waals surface area contributed by atoms with E-state index in [-0.39, 0.29) is 35.3 Å². The first-order chi connectivity index (χ1) is 15.9. The molecule has 34 heavy (non-hydrogen) atoms. The highest BCUT2D eigenvalue weighted by Crippen LogP contribution is 2.33. The Bertz CT molecular complexity index is 1070. The van der Waals surface area contributed by atoms with Gasteiger partial charge in [0.1, 0.15) is 11.5 Å². The number of carboxylic acid groups (broad SMARTS) is 2. The lowest BCUT2D eigenvalue weighted by Crippen LogP contribution is -2.40. The quantitative estimate of drug-likeness (QED) is 0.551. The molecule has 1 aliphatic heterocycles. The Labute approximate surface area is 192 Å². The van der Waals surface area contributed by atoms with Gasteiger partial charge in [0.25, 0.3) is 5.56 Å². The molecule has 3 N–H and O–H groups in total. The summed E-state index contributed by atoms with van der Waals surface area (Å²) < 4.78 is 39.4. The molecule has 2 heterocycles. The van der Waals surface area contributed by atoms with Crippen LogP contribution >= 0.6 is 0 Å². The van der Waals surface area contributed by atoms with Crippen molar-refractivity contribution in [1.29, 1.82) is 0 Å². The van der Waals surface area contributed by atoms with Crippen LogP contribution in [0.25, 0.3) is 0 Å². The first-order valence-corrected chi connectivity index (χ1v) is 10.3. The van der Waals surface area contributed by atoms with E-state index in [2.05, 4.69) is 14.9 Å². The smallest absolute Gasteiger partial charge is 0.416 e. The number of aromatic amines is 1. The fraction of sp³-hybridized carbons (Fsp3) is 0.409. The number of aliphatic carboxylic acids is 2. The average Bonchev–Trinajstić information content (AvgIpc) is 2.79. The summed E-state index contributed by atoms with van der Waals surface area (Å²) in [5.74, 6) is -4.09. The third-order valence-corrected chi connectivity index (χ3v) is 5.53. The third-order valence-electron chi connectivity index (χ3n) is 5.53. The number of nitrogens with one attached hydrogen (secondary N) is 1. The molecule has 184 valence electrons. The predicted octanol–water partition coefficient (Wildman–Crippen LogP) is 2.53. The van der Waals surface area contributed by atoms with E-state index in [4.69, 9.17) is 19.8 Å². The lowest BCUT2D eigenvalue weighted by atomic mass is 9.87. The van der Waals surface area contributed by atoms with Crippen molar-refractivity contribution in [1.82, 2.24) is 14.9 Å². The first-order valence-electron chi connectivity index (χ1n) is 10.3. The molecule has 1 atom stereocenters. The topological polar surface area (TPSA) is 141 Å². The number of benzene rings is 1. The number of likely N-dealkylation sites (tertiary alicyclic amines) is 1. The summed E-state index contributed by atoms with van der Waals surface area (Å²) >= 11 is 0. The number of aromatic nitrogens is 2. The van der Waals surface area contributed by atoms with Gasteiger partial charge in [-0.15, -0.1) is 0 Å². The number of carboxylic acids is 2. The van der Waals surface area contributed by atoms with Crippen molar-refractivity contribution in [2.75, 3.05) is 13.1 Å². The van der Waals surface area contributed by atoms with Crippen molar-refractivity contribution in [3.8, 4) is 0 Å². The van der Waals surface area contributed by atoms with Gasteiger partial charge in [-0.25, -0.2) is 9.59 Å². The van der Waals surface area contributed by atoms with Gasteiger partial charge >= 0.3 is 18.1 Å². The van der Waals surface area contributed by atoms with Gasteiger partial charge in [-0.05, 0) is 44.5 Å². The SMILES string of the molecule is CC(c1ncc[nH]c1=O)N1CCC(C(=O)Cc2ccccc2C(F)(F)F)CC1.O=C(O)C(=O)O. The highest BCUT2D eigenvalue weighted by atomic mass is 19.4. The van der Waals surface area contributed by atoms with Crippen LogP contribution in [0.1, 0.15) is 42.6 Å². The first kappa shape index (κ1) is 26.7. The molecular formula is C22H24F3N3O6. The lowest BCUT2D eigenvalue weighted by molar-refractivity contribution is -0.159. The van der Waals surface area contributed by atoms with E-state index in [9.17, 15) is 22.8 Å². The standard InChI is InChI=1S/C20H22F3N3O2.C2H2O4/c1-13(18-19(28)25-9-8-24-18)26-10-6-14(7-11-26)17(27)12-15-4-2-3-5-16(15)20(21,22)23;3-1(4)2(5)6/h2-5,8-9,13-14H,6-7,10-12H2,1H3,(H,25,28);(H,3,4)(H,5,6). The molecule has 0 radical (unpaired) electrons. The van der Waals surface area contributed by atoms with Crippen LogP contribution < -0.4 is 5.56 Å². The number of Topliss-reactive ketones (excluding diaryl/α,β-unsaturated/α-hetero) is 1. The maximum atomic E-state index is 13.1. The molecule has 1 aromatic carbocycles. The number of halogens is 3. The summed E-state index contributed by atoms with van der Waals surface area (Å²) in [4.78, 5) is 51.5. The van der Waals surface area contributed by atoms with Gasteiger partial charge in [0, 0.05) is 24.7 Å². The molecular weight excluding hydrogens is 459 g/mol. The molecule has 1 saturated heterocycles. The zero-order valence-electron chi connectivity index (χ0n) is 18.2. The van der Waals surface area contributed by atoms with E-state index in [1.165, 1.54) is 30.6 Å². The van der Waals surface area contributed by atoms with Crippen molar-refractivity contribution in [2.24, 2.45) is 5.92 Å². The fourth-order valence-electron chi connectivity index (χ4n) is 3.73. The normalized spacial score (nSPS) is 15.6. The van der Waals surface area contributed by atoms with Crippen molar-refractivity contribution in [3.05, 3.63) is 63.8 Å². The maximum Gasteiger partial charge on any atom is 0.416 e. The van der Waals surface area contributed by atoms with Gasteiger partial charge in [0.2, 0.25) is 0 Å². The maximum absolute atomic E-state index is 13.1. The van der Waals surface area contributed by atoms with Crippen LogP contribution in [-0.4, -0.2) is 55.9 Å². The summed E-state index contributed by atoms with van der Waals surface area (Å²) in [7, 11) is 0. The molecule has 9 nitrogen and oxygen atoms in total. The highest BCUT2D eigenvalue weighted by molar-refractivity contribution is 6.27. The number of nitrogens with zero attached hydrogens (tertiary/aromatic N) is 2. The van der Waals surface area contributed by atoms with Crippen molar-refractivity contribution >= 4 is 17.7 Å². The Balaban J connectivity index is 0.000000604. The molecule has 1 aromatic heterocycles. The second-order valence-corrected chi connectivity index (χ2v) is 7.70. The number of hydrogen-bond acceptors (Lipinski definition) is 6. The van der Waals surface area contributed by atoms with Crippen LogP contribution in [0.3, 0.4) is 0 Å². The second kappa shape index (κ2) is 11.5. The number of carbonyl (C=O) groups is 3. The Morgan fingerprint density at radius 1 is 1.15 bits per heavy atom. The van der Waals surface area contributed by atoms with Crippen LogP contribution in [-0.2, 0) is 27.0 Å². The number of hydrogen-bond donors (Lipinski definition) is 3. The van der Waals surface area contributed by atoms with E-state index in [0.29, 0.717) is 31.6 Å². The molecule has 1 fully saturated rings. The van der Waals surface area contributed by atoms with E-state index in [0.717, 1.165) is 6.07 Å². The number of alkyl halides is 3. The molecule has 2 aromatic rings. The Hall–Kier alpha value is -3.54. The highest BCUT2D eigenvalue weighted by Gasteiger charge is 2.34. The lowest BCUT2D eigenvalue weighted by Gasteiger charge is -2.35. The summed E-state index contributed by atoms with van der Waals surface area (Å²) in [6.07, 6.45) is -0.560. The molecule has 0 bridgehead atoms. The van der Waals surface area contributed by atoms with Crippen LogP contribution in [0.4, 0.5) is 13.2 Å². The number of carbonyl (C=O) groups excluding carboxylic acids is 1. The summed E-state index contributed by atoms with van der Waals surface area (Å²) in [5.41, 5.74) is -0.539. The second-order valence-electron chi connectivity index (χ2n) is 7.70. The fourth-order valence-corrected chi connectivity index (χ4v) is 3.73. The van der Waals surface area contributed by atoms with E-state index < -0.39 is 23.7 Å². The third kappa shape index (κ3) is 7.24. The molecule has 1 unspecified atom stereocenters. The summed E-state index contributed by atoms with van der Waals surface area (Å²) in [5, 5.41) is 14.8. The zero-order valence-corrected chi connectivity index (χ0v) is 18.2. The van der Waals surface area contributed by atoms with Crippen LogP contribution in [0.5, 0.6) is 0 Å². The van der Waals surface area contributed by atoms with Gasteiger partial charge in [0.15, 0.2) is 0 Å². The van der Waals surface area contributed by atoms with Gasteiger partial charge in [-0.3, -0.25) is 19.5 Å². The Kier molecular flexibility index (Phi) is 9.07. The Morgan fingerprint density at radius 2 is 1.74 bits per heavy atom. The van der Waals surface area contributed by atoms with Gasteiger partial charge < -0.3 is 15.2 Å². The van der Waals surface area contributed by atoms with E-state index in [1.807, 2.05) is 6.92 Å².